The average Bonchev–Trinajstić information content (AvgIpc) is 2.75. The van der Waals surface area contributed by atoms with Gasteiger partial charge < -0.3 is 0 Å². The highest BCUT2D eigenvalue weighted by Gasteiger charge is 2.37. The van der Waals surface area contributed by atoms with E-state index in [9.17, 15) is 4.79 Å². The van der Waals surface area contributed by atoms with Gasteiger partial charge in [-0.15, -0.1) is 0 Å². The van der Waals surface area contributed by atoms with Gasteiger partial charge >= 0.3 is 0 Å². The molecule has 0 aromatic heterocycles. The van der Waals surface area contributed by atoms with Crippen molar-refractivity contribution in [1.82, 2.24) is 0 Å². The number of fused-ring (bicyclic) bond motifs is 1. The minimum Gasteiger partial charge on any atom is -0.299 e. The van der Waals surface area contributed by atoms with Crippen LogP contribution in [0.1, 0.15) is 65.2 Å². The highest BCUT2D eigenvalue weighted by molar-refractivity contribution is 5.87. The first-order valence-corrected chi connectivity index (χ1v) is 7.70. The van der Waals surface area contributed by atoms with Crippen LogP contribution < -0.4 is 0 Å². The monoisotopic (exact) mass is 246 g/mol. The Labute approximate surface area is 111 Å². The normalized spacial score (nSPS) is 26.9. The molecule has 0 aliphatic heterocycles. The largest absolute Gasteiger partial charge is 0.299 e. The highest BCUT2D eigenvalue weighted by atomic mass is 16.1. The number of unbranched alkanes of at least 4 members (excludes halogenated alkanes) is 2. The third kappa shape index (κ3) is 2.93. The molecule has 0 spiro atoms. The second-order valence-electron chi connectivity index (χ2n) is 5.81. The van der Waals surface area contributed by atoms with E-state index in [0.717, 1.165) is 19.3 Å². The lowest BCUT2D eigenvalue weighted by Crippen LogP contribution is -2.19. The molecule has 0 radical (unpaired) electrons. The first-order valence-electron chi connectivity index (χ1n) is 7.70. The summed E-state index contributed by atoms with van der Waals surface area (Å²) in [4.78, 5) is 12.0. The molecule has 2 unspecified atom stereocenters. The van der Waals surface area contributed by atoms with Gasteiger partial charge in [-0.1, -0.05) is 50.0 Å². The summed E-state index contributed by atoms with van der Waals surface area (Å²) < 4.78 is 0. The minimum absolute atomic E-state index is 0.252. The van der Waals surface area contributed by atoms with Gasteiger partial charge in [0, 0.05) is 12.3 Å². The van der Waals surface area contributed by atoms with Gasteiger partial charge in [-0.25, -0.2) is 0 Å². The lowest BCUT2D eigenvalue weighted by molar-refractivity contribution is -0.120. The van der Waals surface area contributed by atoms with E-state index < -0.39 is 0 Å². The first kappa shape index (κ1) is 13.6. The fourth-order valence-corrected chi connectivity index (χ4v) is 3.33. The number of Topliss-reactive ketones (excluding diaryl/α,β-unsaturated/α-hetero) is 1. The van der Waals surface area contributed by atoms with Crippen molar-refractivity contribution in [3.63, 3.8) is 0 Å². The zero-order valence-electron chi connectivity index (χ0n) is 11.9. The van der Waals surface area contributed by atoms with E-state index in [1.165, 1.54) is 43.3 Å². The number of ketones is 1. The van der Waals surface area contributed by atoms with Gasteiger partial charge in [0.15, 0.2) is 0 Å². The van der Waals surface area contributed by atoms with Crippen LogP contribution in [0.3, 0.4) is 0 Å². The lowest BCUT2D eigenvalue weighted by atomic mass is 9.79. The van der Waals surface area contributed by atoms with Gasteiger partial charge in [0.05, 0.1) is 0 Å². The third-order valence-corrected chi connectivity index (χ3v) is 4.34. The fourth-order valence-electron chi connectivity index (χ4n) is 3.33. The second-order valence-corrected chi connectivity index (χ2v) is 5.81. The standard InChI is InChI=1S/C17H26O/c1-3-5-7-13-11-14(8-6-4-2)17-15(12-13)9-10-16(17)18/h11-12,15,17H,3-10H2,1-2H3. The van der Waals surface area contributed by atoms with Crippen LogP contribution in [-0.4, -0.2) is 5.78 Å². The summed E-state index contributed by atoms with van der Waals surface area (Å²) >= 11 is 0. The summed E-state index contributed by atoms with van der Waals surface area (Å²) in [6.45, 7) is 4.47. The number of carbonyl (C=O) groups is 1. The van der Waals surface area contributed by atoms with Crippen molar-refractivity contribution in [3.05, 3.63) is 23.3 Å². The minimum atomic E-state index is 0.252. The van der Waals surface area contributed by atoms with Crippen molar-refractivity contribution < 1.29 is 4.79 Å². The molecular weight excluding hydrogens is 220 g/mol. The van der Waals surface area contributed by atoms with Crippen LogP contribution in [0, 0.1) is 11.8 Å². The zero-order valence-corrected chi connectivity index (χ0v) is 11.9. The lowest BCUT2D eigenvalue weighted by Gasteiger charge is -2.25. The molecule has 1 nitrogen and oxygen atoms in total. The van der Waals surface area contributed by atoms with E-state index >= 15 is 0 Å². The van der Waals surface area contributed by atoms with Crippen molar-refractivity contribution in [2.45, 2.75) is 65.2 Å². The topological polar surface area (TPSA) is 17.1 Å². The SMILES string of the molecule is CCCCC1=CC2CCC(=O)C2C(CCCC)=C1. The number of carbonyl (C=O) groups excluding carboxylic acids is 1. The van der Waals surface area contributed by atoms with Crippen molar-refractivity contribution in [2.75, 3.05) is 0 Å². The molecule has 1 fully saturated rings. The van der Waals surface area contributed by atoms with Gasteiger partial charge in [-0.05, 0) is 38.0 Å². The summed E-state index contributed by atoms with van der Waals surface area (Å²) in [5.74, 6) is 1.27. The Hall–Kier alpha value is -0.850. The van der Waals surface area contributed by atoms with Crippen molar-refractivity contribution >= 4 is 5.78 Å². The Kier molecular flexibility index (Phi) is 4.79. The Morgan fingerprint density at radius 3 is 2.61 bits per heavy atom. The van der Waals surface area contributed by atoms with E-state index in [2.05, 4.69) is 26.0 Å². The van der Waals surface area contributed by atoms with Crippen LogP contribution in [-0.2, 0) is 4.79 Å². The van der Waals surface area contributed by atoms with E-state index in [1.54, 1.807) is 0 Å². The van der Waals surface area contributed by atoms with Crippen LogP contribution in [0.5, 0.6) is 0 Å². The maximum Gasteiger partial charge on any atom is 0.140 e. The van der Waals surface area contributed by atoms with E-state index in [4.69, 9.17) is 0 Å². The molecule has 18 heavy (non-hydrogen) atoms. The Morgan fingerprint density at radius 1 is 1.17 bits per heavy atom. The van der Waals surface area contributed by atoms with Gasteiger partial charge in [-0.3, -0.25) is 4.79 Å². The number of allylic oxidation sites excluding steroid dienone is 4. The predicted octanol–water partition coefficient (Wildman–Crippen LogP) is 4.83. The molecule has 0 N–H and O–H groups in total. The summed E-state index contributed by atoms with van der Waals surface area (Å²) in [5.41, 5.74) is 2.94. The van der Waals surface area contributed by atoms with Crippen LogP contribution in [0.15, 0.2) is 23.3 Å². The zero-order chi connectivity index (χ0) is 13.0. The van der Waals surface area contributed by atoms with Gasteiger partial charge in [-0.2, -0.15) is 0 Å². The molecule has 1 saturated carbocycles. The molecule has 0 amide bonds. The molecule has 2 rings (SSSR count). The Balaban J connectivity index is 2.12. The van der Waals surface area contributed by atoms with Crippen LogP contribution in [0.4, 0.5) is 0 Å². The third-order valence-electron chi connectivity index (χ3n) is 4.34. The van der Waals surface area contributed by atoms with Crippen molar-refractivity contribution in [1.29, 1.82) is 0 Å². The molecule has 0 aromatic rings. The summed E-state index contributed by atoms with van der Waals surface area (Å²) in [7, 11) is 0. The molecule has 0 heterocycles. The van der Waals surface area contributed by atoms with E-state index in [1.807, 2.05) is 0 Å². The molecule has 2 atom stereocenters. The molecule has 2 aliphatic rings. The maximum atomic E-state index is 12.0. The maximum absolute atomic E-state index is 12.0. The van der Waals surface area contributed by atoms with E-state index in [-0.39, 0.29) is 5.92 Å². The quantitative estimate of drug-likeness (QED) is 0.656. The summed E-state index contributed by atoms with van der Waals surface area (Å²) in [5, 5.41) is 0. The first-order chi connectivity index (χ1) is 8.76. The van der Waals surface area contributed by atoms with Gasteiger partial charge in [0.2, 0.25) is 0 Å². The van der Waals surface area contributed by atoms with Crippen LogP contribution in [0.2, 0.25) is 0 Å². The second kappa shape index (κ2) is 6.36. The van der Waals surface area contributed by atoms with Crippen LogP contribution in [0.25, 0.3) is 0 Å². The van der Waals surface area contributed by atoms with Crippen molar-refractivity contribution in [3.8, 4) is 0 Å². The number of rotatable bonds is 6. The molecule has 100 valence electrons. The predicted molar refractivity (Wildman–Crippen MR) is 76.4 cm³/mol. The number of hydrogen-bond acceptors (Lipinski definition) is 1. The summed E-state index contributed by atoms with van der Waals surface area (Å²) in [6, 6.07) is 0. The van der Waals surface area contributed by atoms with Crippen LogP contribution >= 0.6 is 0 Å². The van der Waals surface area contributed by atoms with Crippen molar-refractivity contribution in [2.24, 2.45) is 11.8 Å². The molecular formula is C17H26O. The average molecular weight is 246 g/mol. The summed E-state index contributed by atoms with van der Waals surface area (Å²) in [6.07, 6.45) is 13.9. The highest BCUT2D eigenvalue weighted by Crippen LogP contribution is 2.41. The molecule has 1 heteroatoms. The van der Waals surface area contributed by atoms with Gasteiger partial charge in [0.25, 0.3) is 0 Å². The molecule has 0 bridgehead atoms. The smallest absolute Gasteiger partial charge is 0.140 e. The fraction of sp³-hybridized carbons (Fsp3) is 0.706. The Morgan fingerprint density at radius 2 is 1.89 bits per heavy atom. The van der Waals surface area contributed by atoms with Gasteiger partial charge in [0.1, 0.15) is 5.78 Å². The number of hydrogen-bond donors (Lipinski definition) is 0. The van der Waals surface area contributed by atoms with E-state index in [0.29, 0.717) is 11.7 Å². The molecule has 2 aliphatic carbocycles. The molecule has 0 saturated heterocycles. The Bertz CT molecular complexity index is 362. The molecule has 0 aromatic carbocycles.